The van der Waals surface area contributed by atoms with Crippen LogP contribution in [0.15, 0.2) is 29.2 Å². The van der Waals surface area contributed by atoms with Crippen LogP contribution in [0.2, 0.25) is 5.02 Å². The minimum absolute atomic E-state index is 0.0559. The van der Waals surface area contributed by atoms with E-state index in [1.807, 2.05) is 13.8 Å². The molecule has 5 nitrogen and oxygen atoms in total. The van der Waals surface area contributed by atoms with E-state index in [2.05, 4.69) is 4.72 Å². The fourth-order valence-corrected chi connectivity index (χ4v) is 3.16. The van der Waals surface area contributed by atoms with Crippen LogP contribution in [0.4, 0.5) is 0 Å². The highest BCUT2D eigenvalue weighted by Gasteiger charge is 2.18. The van der Waals surface area contributed by atoms with Crippen LogP contribution < -0.4 is 4.72 Å². The topological polar surface area (TPSA) is 66.5 Å². The Morgan fingerprint density at radius 2 is 1.86 bits per heavy atom. The standard InChI is InChI=1S/C14H21ClN2O3S/c1-3-8-17(9-4-2)14(18)11-16-21(19,20)13-7-5-6-12(15)10-13/h5-7,10,16H,3-4,8-9,11H2,1-2H3. The summed E-state index contributed by atoms with van der Waals surface area (Å²) in [5.74, 6) is -0.218. The Labute approximate surface area is 131 Å². The molecule has 1 rings (SSSR count). The quantitative estimate of drug-likeness (QED) is 0.794. The van der Waals surface area contributed by atoms with Crippen LogP contribution in [-0.4, -0.2) is 38.9 Å². The average molecular weight is 333 g/mol. The van der Waals surface area contributed by atoms with Gasteiger partial charge in [0.1, 0.15) is 0 Å². The Morgan fingerprint density at radius 3 is 2.38 bits per heavy atom. The first-order chi connectivity index (χ1) is 9.90. The van der Waals surface area contributed by atoms with E-state index in [-0.39, 0.29) is 17.3 Å². The molecule has 0 aliphatic rings. The first-order valence-electron chi connectivity index (χ1n) is 6.93. The maximum atomic E-state index is 12.1. The molecular formula is C14H21ClN2O3S. The number of carbonyl (C=O) groups excluding carboxylic acids is 1. The SMILES string of the molecule is CCCN(CCC)C(=O)CNS(=O)(=O)c1cccc(Cl)c1. The van der Waals surface area contributed by atoms with Gasteiger partial charge >= 0.3 is 0 Å². The number of benzene rings is 1. The molecule has 0 saturated carbocycles. The molecule has 0 aliphatic carbocycles. The van der Waals surface area contributed by atoms with E-state index >= 15 is 0 Å². The van der Waals surface area contributed by atoms with Crippen molar-refractivity contribution in [2.75, 3.05) is 19.6 Å². The van der Waals surface area contributed by atoms with Crippen LogP contribution in [-0.2, 0) is 14.8 Å². The smallest absolute Gasteiger partial charge is 0.241 e. The second kappa shape index (κ2) is 8.36. The van der Waals surface area contributed by atoms with E-state index in [0.717, 1.165) is 12.8 Å². The molecule has 0 aliphatic heterocycles. The molecule has 7 heteroatoms. The predicted octanol–water partition coefficient (Wildman–Crippen LogP) is 2.27. The molecule has 0 heterocycles. The van der Waals surface area contributed by atoms with Crippen molar-refractivity contribution in [1.82, 2.24) is 9.62 Å². The maximum absolute atomic E-state index is 12.1. The van der Waals surface area contributed by atoms with E-state index in [1.165, 1.54) is 12.1 Å². The minimum atomic E-state index is -3.72. The van der Waals surface area contributed by atoms with Crippen LogP contribution in [0.1, 0.15) is 26.7 Å². The van der Waals surface area contributed by atoms with Gasteiger partial charge < -0.3 is 4.90 Å². The van der Waals surface area contributed by atoms with Crippen molar-refractivity contribution in [3.63, 3.8) is 0 Å². The van der Waals surface area contributed by atoms with Crippen molar-refractivity contribution in [3.8, 4) is 0 Å². The Balaban J connectivity index is 2.70. The van der Waals surface area contributed by atoms with Crippen LogP contribution in [0.5, 0.6) is 0 Å². The Hall–Kier alpha value is -1.11. The second-order valence-electron chi connectivity index (χ2n) is 4.66. The minimum Gasteiger partial charge on any atom is -0.342 e. The molecule has 0 radical (unpaired) electrons. The zero-order chi connectivity index (χ0) is 15.9. The molecule has 1 aromatic carbocycles. The summed E-state index contributed by atoms with van der Waals surface area (Å²) in [6, 6.07) is 5.94. The number of rotatable bonds is 8. The maximum Gasteiger partial charge on any atom is 0.241 e. The van der Waals surface area contributed by atoms with E-state index in [0.29, 0.717) is 18.1 Å². The van der Waals surface area contributed by atoms with E-state index in [4.69, 9.17) is 11.6 Å². The molecule has 0 saturated heterocycles. The van der Waals surface area contributed by atoms with Gasteiger partial charge in [0.05, 0.1) is 11.4 Å². The highest BCUT2D eigenvalue weighted by Crippen LogP contribution is 2.15. The van der Waals surface area contributed by atoms with E-state index < -0.39 is 10.0 Å². The zero-order valence-electron chi connectivity index (χ0n) is 12.3. The third kappa shape index (κ3) is 5.65. The van der Waals surface area contributed by atoms with Crippen molar-refractivity contribution in [2.45, 2.75) is 31.6 Å². The fraction of sp³-hybridized carbons (Fsp3) is 0.500. The van der Waals surface area contributed by atoms with Gasteiger partial charge in [-0.3, -0.25) is 4.79 Å². The largest absolute Gasteiger partial charge is 0.342 e. The van der Waals surface area contributed by atoms with Crippen molar-refractivity contribution >= 4 is 27.5 Å². The molecule has 118 valence electrons. The van der Waals surface area contributed by atoms with Crippen LogP contribution in [0.25, 0.3) is 0 Å². The molecule has 0 atom stereocenters. The third-order valence-corrected chi connectivity index (χ3v) is 4.49. The Bertz CT molecular complexity index is 569. The number of carbonyl (C=O) groups is 1. The molecule has 0 unspecified atom stereocenters. The Morgan fingerprint density at radius 1 is 1.24 bits per heavy atom. The van der Waals surface area contributed by atoms with Gasteiger partial charge in [0.15, 0.2) is 0 Å². The first-order valence-corrected chi connectivity index (χ1v) is 8.79. The van der Waals surface area contributed by atoms with Gasteiger partial charge in [-0.1, -0.05) is 31.5 Å². The van der Waals surface area contributed by atoms with Crippen molar-refractivity contribution in [1.29, 1.82) is 0 Å². The lowest BCUT2D eigenvalue weighted by molar-refractivity contribution is -0.130. The summed E-state index contributed by atoms with van der Waals surface area (Å²) < 4.78 is 26.5. The molecule has 0 spiro atoms. The molecule has 1 amide bonds. The Kier molecular flexibility index (Phi) is 7.14. The van der Waals surface area contributed by atoms with Crippen molar-refractivity contribution in [2.24, 2.45) is 0 Å². The van der Waals surface area contributed by atoms with Gasteiger partial charge in [-0.2, -0.15) is 0 Å². The van der Waals surface area contributed by atoms with Crippen LogP contribution in [0.3, 0.4) is 0 Å². The zero-order valence-corrected chi connectivity index (χ0v) is 13.9. The molecule has 21 heavy (non-hydrogen) atoms. The van der Waals surface area contributed by atoms with Crippen molar-refractivity contribution < 1.29 is 13.2 Å². The summed E-state index contributed by atoms with van der Waals surface area (Å²) in [4.78, 5) is 13.8. The normalized spacial score (nSPS) is 11.4. The van der Waals surface area contributed by atoms with Gasteiger partial charge in [0, 0.05) is 18.1 Å². The van der Waals surface area contributed by atoms with Gasteiger partial charge in [-0.15, -0.1) is 0 Å². The second-order valence-corrected chi connectivity index (χ2v) is 6.87. The lowest BCUT2D eigenvalue weighted by Crippen LogP contribution is -2.40. The van der Waals surface area contributed by atoms with E-state index in [1.54, 1.807) is 17.0 Å². The molecule has 1 aromatic rings. The van der Waals surface area contributed by atoms with Gasteiger partial charge in [0.25, 0.3) is 0 Å². The number of hydrogen-bond acceptors (Lipinski definition) is 3. The average Bonchev–Trinajstić information content (AvgIpc) is 2.44. The number of halogens is 1. The van der Waals surface area contributed by atoms with Crippen LogP contribution in [0, 0.1) is 0 Å². The summed E-state index contributed by atoms with van der Waals surface area (Å²) in [7, 11) is -3.72. The van der Waals surface area contributed by atoms with Gasteiger partial charge in [0.2, 0.25) is 15.9 Å². The summed E-state index contributed by atoms with van der Waals surface area (Å²) in [5, 5.41) is 0.336. The lowest BCUT2D eigenvalue weighted by Gasteiger charge is -2.21. The summed E-state index contributed by atoms with van der Waals surface area (Å²) >= 11 is 5.78. The summed E-state index contributed by atoms with van der Waals surface area (Å²) in [6.07, 6.45) is 1.68. The highest BCUT2D eigenvalue weighted by molar-refractivity contribution is 7.89. The number of amides is 1. The highest BCUT2D eigenvalue weighted by atomic mass is 35.5. The summed E-state index contributed by atoms with van der Waals surface area (Å²) in [6.45, 7) is 4.98. The first kappa shape index (κ1) is 17.9. The molecule has 0 bridgehead atoms. The number of nitrogens with one attached hydrogen (secondary N) is 1. The number of hydrogen-bond donors (Lipinski definition) is 1. The third-order valence-electron chi connectivity index (χ3n) is 2.86. The van der Waals surface area contributed by atoms with Gasteiger partial charge in [-0.25, -0.2) is 13.1 Å². The molecule has 0 aromatic heterocycles. The summed E-state index contributed by atoms with van der Waals surface area (Å²) in [5.41, 5.74) is 0. The monoisotopic (exact) mass is 332 g/mol. The van der Waals surface area contributed by atoms with Crippen molar-refractivity contribution in [3.05, 3.63) is 29.3 Å². The van der Waals surface area contributed by atoms with Gasteiger partial charge in [-0.05, 0) is 31.0 Å². The number of sulfonamides is 1. The predicted molar refractivity (Wildman–Crippen MR) is 83.8 cm³/mol. The van der Waals surface area contributed by atoms with Crippen LogP contribution >= 0.6 is 11.6 Å². The molecular weight excluding hydrogens is 312 g/mol. The molecule has 1 N–H and O–H groups in total. The van der Waals surface area contributed by atoms with E-state index in [9.17, 15) is 13.2 Å². The fourth-order valence-electron chi connectivity index (χ4n) is 1.89. The number of nitrogens with zero attached hydrogens (tertiary/aromatic N) is 1. The molecule has 0 fully saturated rings. The lowest BCUT2D eigenvalue weighted by atomic mass is 10.3.